The second-order valence-corrected chi connectivity index (χ2v) is 4.83. The number of nitrogens with two attached hydrogens (primary N) is 2. The van der Waals surface area contributed by atoms with Crippen molar-refractivity contribution in [2.75, 3.05) is 6.54 Å². The number of hydrogen-bond donors (Lipinski definition) is 4. The van der Waals surface area contributed by atoms with E-state index in [9.17, 15) is 9.59 Å². The highest BCUT2D eigenvalue weighted by Gasteiger charge is 2.19. The fourth-order valence-electron chi connectivity index (χ4n) is 1.97. The van der Waals surface area contributed by atoms with Gasteiger partial charge in [0.05, 0.1) is 12.5 Å². The van der Waals surface area contributed by atoms with Crippen LogP contribution in [0.4, 0.5) is 4.79 Å². The Balaban J connectivity index is 0.00000400. The van der Waals surface area contributed by atoms with Gasteiger partial charge in [0.15, 0.2) is 0 Å². The molecule has 3 amide bonds. The molecule has 0 saturated heterocycles. The smallest absolute Gasteiger partial charge is 0.312 e. The summed E-state index contributed by atoms with van der Waals surface area (Å²) >= 11 is 0. The fraction of sp³-hybridized carbons (Fsp3) is 0.429. The van der Waals surface area contributed by atoms with E-state index in [0.29, 0.717) is 6.54 Å². The van der Waals surface area contributed by atoms with Crippen molar-refractivity contribution < 1.29 is 9.59 Å². The molecule has 0 heterocycles. The highest BCUT2D eigenvalue weighted by atomic mass is 35.5. The third-order valence-corrected chi connectivity index (χ3v) is 3.03. The van der Waals surface area contributed by atoms with Crippen LogP contribution in [-0.2, 0) is 4.79 Å². The number of rotatable bonds is 6. The first kappa shape index (κ1) is 19.2. The van der Waals surface area contributed by atoms with Crippen LogP contribution in [0.25, 0.3) is 0 Å². The molecule has 0 aliphatic heterocycles. The van der Waals surface area contributed by atoms with Gasteiger partial charge in [0.25, 0.3) is 0 Å². The molecular formula is C14H23ClN4O2. The summed E-state index contributed by atoms with van der Waals surface area (Å²) in [5, 5.41) is 5.37. The van der Waals surface area contributed by atoms with Crippen LogP contribution in [0.1, 0.15) is 30.5 Å². The second kappa shape index (κ2) is 9.20. The molecule has 21 heavy (non-hydrogen) atoms. The van der Waals surface area contributed by atoms with Crippen molar-refractivity contribution in [3.63, 3.8) is 0 Å². The Morgan fingerprint density at radius 3 is 2.38 bits per heavy atom. The number of urea groups is 1. The summed E-state index contributed by atoms with van der Waals surface area (Å²) in [5.41, 5.74) is 12.5. The Bertz CT molecular complexity index is 482. The van der Waals surface area contributed by atoms with Crippen molar-refractivity contribution in [2.45, 2.75) is 32.4 Å². The van der Waals surface area contributed by atoms with Gasteiger partial charge in [-0.1, -0.05) is 24.3 Å². The molecule has 1 rings (SSSR count). The molecule has 118 valence electrons. The maximum Gasteiger partial charge on any atom is 0.312 e. The van der Waals surface area contributed by atoms with Gasteiger partial charge in [0.1, 0.15) is 0 Å². The molecule has 6 nitrogen and oxygen atoms in total. The Kier molecular flexibility index (Phi) is 8.42. The lowest BCUT2D eigenvalue weighted by molar-refractivity contribution is -0.122. The van der Waals surface area contributed by atoms with Crippen LogP contribution >= 0.6 is 12.4 Å². The summed E-state index contributed by atoms with van der Waals surface area (Å²) in [6.07, 6.45) is 0.123. The summed E-state index contributed by atoms with van der Waals surface area (Å²) < 4.78 is 0. The summed E-state index contributed by atoms with van der Waals surface area (Å²) in [4.78, 5) is 23.0. The van der Waals surface area contributed by atoms with E-state index >= 15 is 0 Å². The van der Waals surface area contributed by atoms with Gasteiger partial charge in [-0.3, -0.25) is 4.79 Å². The second-order valence-electron chi connectivity index (χ2n) is 4.83. The minimum atomic E-state index is -0.655. The van der Waals surface area contributed by atoms with Gasteiger partial charge in [-0.05, 0) is 25.0 Å². The molecule has 0 spiro atoms. The van der Waals surface area contributed by atoms with Crippen LogP contribution in [-0.4, -0.2) is 24.5 Å². The number of aryl methyl sites for hydroxylation is 1. The zero-order valence-corrected chi connectivity index (χ0v) is 13.1. The maximum atomic E-state index is 11.9. The molecule has 6 N–H and O–H groups in total. The van der Waals surface area contributed by atoms with Crippen molar-refractivity contribution in [3.05, 3.63) is 35.4 Å². The Morgan fingerprint density at radius 1 is 1.24 bits per heavy atom. The van der Waals surface area contributed by atoms with E-state index in [0.717, 1.165) is 11.1 Å². The van der Waals surface area contributed by atoms with E-state index < -0.39 is 12.1 Å². The molecule has 0 fully saturated rings. The Morgan fingerprint density at radius 2 is 1.86 bits per heavy atom. The number of halogens is 1. The summed E-state index contributed by atoms with van der Waals surface area (Å²) in [7, 11) is 0. The maximum absolute atomic E-state index is 11.9. The van der Waals surface area contributed by atoms with Crippen molar-refractivity contribution >= 4 is 24.3 Å². The minimum Gasteiger partial charge on any atom is -0.352 e. The van der Waals surface area contributed by atoms with E-state index in [2.05, 4.69) is 10.6 Å². The van der Waals surface area contributed by atoms with E-state index in [1.54, 1.807) is 0 Å². The van der Waals surface area contributed by atoms with Gasteiger partial charge in [-0.15, -0.1) is 12.4 Å². The van der Waals surface area contributed by atoms with Gasteiger partial charge < -0.3 is 22.1 Å². The molecule has 2 atom stereocenters. The van der Waals surface area contributed by atoms with E-state index in [-0.39, 0.29) is 30.8 Å². The zero-order chi connectivity index (χ0) is 15.1. The van der Waals surface area contributed by atoms with Crippen LogP contribution in [0.3, 0.4) is 0 Å². The predicted octanol–water partition coefficient (Wildman–Crippen LogP) is 0.980. The molecule has 1 unspecified atom stereocenters. The van der Waals surface area contributed by atoms with Crippen LogP contribution in [0.2, 0.25) is 0 Å². The molecular weight excluding hydrogens is 292 g/mol. The molecule has 0 saturated carbocycles. The third-order valence-electron chi connectivity index (χ3n) is 3.03. The van der Waals surface area contributed by atoms with Crippen LogP contribution in [0.5, 0.6) is 0 Å². The van der Waals surface area contributed by atoms with Gasteiger partial charge >= 0.3 is 6.03 Å². The highest BCUT2D eigenvalue weighted by Crippen LogP contribution is 2.20. The van der Waals surface area contributed by atoms with Crippen LogP contribution in [0.15, 0.2) is 24.3 Å². The molecule has 0 radical (unpaired) electrons. The lowest BCUT2D eigenvalue weighted by Gasteiger charge is -2.20. The third kappa shape index (κ3) is 6.46. The van der Waals surface area contributed by atoms with E-state index in [4.69, 9.17) is 11.5 Å². The monoisotopic (exact) mass is 314 g/mol. The van der Waals surface area contributed by atoms with E-state index in [1.807, 2.05) is 38.1 Å². The summed E-state index contributed by atoms with van der Waals surface area (Å²) in [6, 6.07) is 6.35. The topological polar surface area (TPSA) is 110 Å². The number of primary amides is 1. The van der Waals surface area contributed by atoms with Gasteiger partial charge in [-0.25, -0.2) is 4.79 Å². The van der Waals surface area contributed by atoms with Crippen molar-refractivity contribution in [3.8, 4) is 0 Å². The first-order valence-electron chi connectivity index (χ1n) is 6.55. The van der Waals surface area contributed by atoms with Crippen molar-refractivity contribution in [1.82, 2.24) is 10.6 Å². The highest BCUT2D eigenvalue weighted by molar-refractivity contribution is 5.85. The van der Waals surface area contributed by atoms with Crippen molar-refractivity contribution in [1.29, 1.82) is 0 Å². The molecule has 0 aliphatic carbocycles. The first-order chi connectivity index (χ1) is 9.43. The lowest BCUT2D eigenvalue weighted by atomic mass is 9.98. The number of nitrogens with one attached hydrogen (secondary N) is 2. The molecule has 7 heteroatoms. The predicted molar refractivity (Wildman–Crippen MR) is 85.2 cm³/mol. The molecule has 0 aliphatic rings. The molecule has 0 aromatic heterocycles. The molecule has 1 aromatic rings. The molecule has 1 aromatic carbocycles. The number of carbonyl (C=O) groups excluding carboxylic acids is 2. The van der Waals surface area contributed by atoms with Gasteiger partial charge in [-0.2, -0.15) is 0 Å². The SMILES string of the molecule is Cc1ccccc1C(CC(=O)N[C@@H](C)CN)NC(N)=O.Cl. The summed E-state index contributed by atoms with van der Waals surface area (Å²) in [5.74, 6) is -0.176. The van der Waals surface area contributed by atoms with Crippen molar-refractivity contribution in [2.24, 2.45) is 11.5 Å². The average molecular weight is 315 g/mol. The quantitative estimate of drug-likeness (QED) is 0.628. The summed E-state index contributed by atoms with van der Waals surface area (Å²) in [6.45, 7) is 4.11. The van der Waals surface area contributed by atoms with Crippen LogP contribution < -0.4 is 22.1 Å². The number of carbonyl (C=O) groups is 2. The Labute approximate surface area is 131 Å². The average Bonchev–Trinajstić information content (AvgIpc) is 2.37. The molecule has 0 bridgehead atoms. The standard InChI is InChI=1S/C14H22N4O2.ClH/c1-9-5-3-4-6-11(9)12(18-14(16)20)7-13(19)17-10(2)8-15;/h3-6,10,12H,7-8,15H2,1-2H3,(H,17,19)(H3,16,18,20);1H/t10-,12?;/m0./s1. The Hall–Kier alpha value is -1.79. The normalized spacial score (nSPS) is 12.7. The number of hydrogen-bond acceptors (Lipinski definition) is 3. The number of amides is 3. The van der Waals surface area contributed by atoms with E-state index in [1.165, 1.54) is 0 Å². The fourth-order valence-corrected chi connectivity index (χ4v) is 1.97. The minimum absolute atomic E-state index is 0. The first-order valence-corrected chi connectivity index (χ1v) is 6.55. The largest absolute Gasteiger partial charge is 0.352 e. The van der Waals surface area contributed by atoms with Gasteiger partial charge in [0.2, 0.25) is 5.91 Å². The number of benzene rings is 1. The van der Waals surface area contributed by atoms with Crippen LogP contribution in [0, 0.1) is 6.92 Å². The van der Waals surface area contributed by atoms with Gasteiger partial charge in [0, 0.05) is 12.6 Å². The lowest BCUT2D eigenvalue weighted by Crippen LogP contribution is -2.41. The zero-order valence-electron chi connectivity index (χ0n) is 12.3.